The summed E-state index contributed by atoms with van der Waals surface area (Å²) in [5.74, 6) is -1.36. The maximum absolute atomic E-state index is 12.9. The SMILES string of the molecule is C=CC(=O)Nc1ccc(O)c(C(=O)N2CCC(C)(C(=O)OC(C)(C)C)C2)c1. The predicted molar refractivity (Wildman–Crippen MR) is 101 cm³/mol. The molecule has 0 spiro atoms. The number of aromatic hydroxyl groups is 1. The molecule has 27 heavy (non-hydrogen) atoms. The fourth-order valence-corrected chi connectivity index (χ4v) is 2.85. The summed E-state index contributed by atoms with van der Waals surface area (Å²) in [6, 6.07) is 4.24. The van der Waals surface area contributed by atoms with Crippen molar-refractivity contribution >= 4 is 23.5 Å². The highest BCUT2D eigenvalue weighted by Crippen LogP contribution is 2.34. The van der Waals surface area contributed by atoms with Gasteiger partial charge in [-0.15, -0.1) is 0 Å². The second kappa shape index (κ2) is 7.42. The van der Waals surface area contributed by atoms with Gasteiger partial charge in [-0.1, -0.05) is 6.58 Å². The Bertz CT molecular complexity index is 781. The van der Waals surface area contributed by atoms with Crippen LogP contribution in [0.5, 0.6) is 5.75 Å². The summed E-state index contributed by atoms with van der Waals surface area (Å²) in [6.07, 6.45) is 1.59. The number of amides is 2. The lowest BCUT2D eigenvalue weighted by Gasteiger charge is -2.28. The van der Waals surface area contributed by atoms with Crippen molar-refractivity contribution < 1.29 is 24.2 Å². The van der Waals surface area contributed by atoms with Crippen LogP contribution in [0.1, 0.15) is 44.5 Å². The summed E-state index contributed by atoms with van der Waals surface area (Å²) >= 11 is 0. The first-order valence-electron chi connectivity index (χ1n) is 8.74. The van der Waals surface area contributed by atoms with Gasteiger partial charge in [0.1, 0.15) is 11.4 Å². The van der Waals surface area contributed by atoms with Crippen LogP contribution in [0.15, 0.2) is 30.9 Å². The third-order valence-corrected chi connectivity index (χ3v) is 4.33. The molecule has 1 atom stereocenters. The zero-order chi connectivity index (χ0) is 20.4. The fraction of sp³-hybridized carbons (Fsp3) is 0.450. The molecule has 146 valence electrons. The average molecular weight is 374 g/mol. The van der Waals surface area contributed by atoms with Crippen molar-refractivity contribution in [1.82, 2.24) is 4.90 Å². The van der Waals surface area contributed by atoms with Crippen LogP contribution in [-0.4, -0.2) is 46.5 Å². The Morgan fingerprint density at radius 2 is 2.00 bits per heavy atom. The summed E-state index contributed by atoms with van der Waals surface area (Å²) in [4.78, 5) is 38.3. The van der Waals surface area contributed by atoms with Crippen LogP contribution < -0.4 is 5.32 Å². The van der Waals surface area contributed by atoms with Gasteiger partial charge in [-0.2, -0.15) is 0 Å². The molecule has 0 saturated carbocycles. The summed E-state index contributed by atoms with van der Waals surface area (Å²) in [6.45, 7) is 11.1. The molecule has 0 bridgehead atoms. The van der Waals surface area contributed by atoms with Crippen LogP contribution in [0.4, 0.5) is 5.69 Å². The molecular formula is C20H26N2O5. The third-order valence-electron chi connectivity index (χ3n) is 4.33. The molecule has 2 rings (SSSR count). The van der Waals surface area contributed by atoms with Gasteiger partial charge in [-0.05, 0) is 58.4 Å². The number of ether oxygens (including phenoxy) is 1. The van der Waals surface area contributed by atoms with E-state index in [-0.39, 0.29) is 23.8 Å². The normalized spacial score (nSPS) is 19.5. The molecule has 0 aliphatic carbocycles. The molecule has 1 fully saturated rings. The molecule has 7 nitrogen and oxygen atoms in total. The Hall–Kier alpha value is -2.83. The highest BCUT2D eigenvalue weighted by molar-refractivity contribution is 6.02. The van der Waals surface area contributed by atoms with Crippen LogP contribution in [0.25, 0.3) is 0 Å². The number of likely N-dealkylation sites (tertiary alicyclic amines) is 1. The molecule has 1 aliphatic heterocycles. The van der Waals surface area contributed by atoms with E-state index in [4.69, 9.17) is 4.74 Å². The van der Waals surface area contributed by atoms with E-state index in [1.54, 1.807) is 27.7 Å². The molecule has 0 aromatic heterocycles. The van der Waals surface area contributed by atoms with Crippen molar-refractivity contribution in [3.8, 4) is 5.75 Å². The lowest BCUT2D eigenvalue weighted by Crippen LogP contribution is -2.39. The van der Waals surface area contributed by atoms with E-state index < -0.39 is 22.8 Å². The highest BCUT2D eigenvalue weighted by Gasteiger charge is 2.44. The van der Waals surface area contributed by atoms with Crippen molar-refractivity contribution in [3.05, 3.63) is 36.4 Å². The number of hydrogen-bond donors (Lipinski definition) is 2. The van der Waals surface area contributed by atoms with Crippen LogP contribution >= 0.6 is 0 Å². The number of carbonyl (C=O) groups is 3. The Balaban J connectivity index is 2.17. The van der Waals surface area contributed by atoms with Gasteiger partial charge in [0.15, 0.2) is 0 Å². The number of phenolic OH excluding ortho intramolecular Hbond substituents is 1. The van der Waals surface area contributed by atoms with E-state index in [1.807, 2.05) is 0 Å². The molecule has 7 heteroatoms. The van der Waals surface area contributed by atoms with Crippen LogP contribution in [0.3, 0.4) is 0 Å². The summed E-state index contributed by atoms with van der Waals surface area (Å²) in [5.41, 5.74) is -0.971. The highest BCUT2D eigenvalue weighted by atomic mass is 16.6. The van der Waals surface area contributed by atoms with E-state index in [0.29, 0.717) is 18.7 Å². The maximum Gasteiger partial charge on any atom is 0.314 e. The molecule has 1 aromatic rings. The molecular weight excluding hydrogens is 348 g/mol. The van der Waals surface area contributed by atoms with Crippen LogP contribution in [0.2, 0.25) is 0 Å². The average Bonchev–Trinajstić information content (AvgIpc) is 2.98. The summed E-state index contributed by atoms with van der Waals surface area (Å²) in [5, 5.41) is 12.6. The number of hydrogen-bond acceptors (Lipinski definition) is 5. The zero-order valence-electron chi connectivity index (χ0n) is 16.2. The Kier molecular flexibility index (Phi) is 5.63. The Morgan fingerprint density at radius 3 is 2.59 bits per heavy atom. The first kappa shape index (κ1) is 20.5. The number of esters is 1. The molecule has 1 aliphatic rings. The van der Waals surface area contributed by atoms with Gasteiger partial charge >= 0.3 is 5.97 Å². The van der Waals surface area contributed by atoms with Gasteiger partial charge in [0.05, 0.1) is 11.0 Å². The predicted octanol–water partition coefficient (Wildman–Crippen LogP) is 2.71. The number of nitrogens with zero attached hydrogens (tertiary/aromatic N) is 1. The third kappa shape index (κ3) is 4.87. The van der Waals surface area contributed by atoms with Crippen molar-refractivity contribution in [2.45, 2.75) is 39.7 Å². The molecule has 2 N–H and O–H groups in total. The minimum absolute atomic E-state index is 0.0605. The number of rotatable bonds is 4. The van der Waals surface area contributed by atoms with Crippen molar-refractivity contribution in [3.63, 3.8) is 0 Å². The fourth-order valence-electron chi connectivity index (χ4n) is 2.85. The van der Waals surface area contributed by atoms with Gasteiger partial charge in [0.2, 0.25) is 5.91 Å². The van der Waals surface area contributed by atoms with E-state index >= 15 is 0 Å². The van der Waals surface area contributed by atoms with Gasteiger partial charge in [0.25, 0.3) is 5.91 Å². The molecule has 1 saturated heterocycles. The van der Waals surface area contributed by atoms with E-state index in [0.717, 1.165) is 6.08 Å². The maximum atomic E-state index is 12.9. The molecule has 1 aromatic carbocycles. The lowest BCUT2D eigenvalue weighted by atomic mass is 9.90. The molecule has 2 amide bonds. The van der Waals surface area contributed by atoms with Crippen molar-refractivity contribution in [2.24, 2.45) is 5.41 Å². The van der Waals surface area contributed by atoms with E-state index in [1.165, 1.54) is 23.1 Å². The number of phenols is 1. The second-order valence-corrected chi connectivity index (χ2v) is 7.96. The minimum Gasteiger partial charge on any atom is -0.507 e. The van der Waals surface area contributed by atoms with Crippen LogP contribution in [0, 0.1) is 5.41 Å². The first-order valence-corrected chi connectivity index (χ1v) is 8.74. The molecule has 1 unspecified atom stereocenters. The van der Waals surface area contributed by atoms with E-state index in [9.17, 15) is 19.5 Å². The largest absolute Gasteiger partial charge is 0.507 e. The zero-order valence-corrected chi connectivity index (χ0v) is 16.2. The van der Waals surface area contributed by atoms with Crippen molar-refractivity contribution in [2.75, 3.05) is 18.4 Å². The van der Waals surface area contributed by atoms with E-state index in [2.05, 4.69) is 11.9 Å². The number of anilines is 1. The summed E-state index contributed by atoms with van der Waals surface area (Å²) < 4.78 is 5.47. The Morgan fingerprint density at radius 1 is 1.33 bits per heavy atom. The van der Waals surface area contributed by atoms with Crippen molar-refractivity contribution in [1.29, 1.82) is 0 Å². The first-order chi connectivity index (χ1) is 12.4. The second-order valence-electron chi connectivity index (χ2n) is 7.96. The van der Waals surface area contributed by atoms with Gasteiger partial charge in [-0.25, -0.2) is 0 Å². The topological polar surface area (TPSA) is 95.9 Å². The van der Waals surface area contributed by atoms with Crippen LogP contribution in [-0.2, 0) is 14.3 Å². The number of benzene rings is 1. The lowest BCUT2D eigenvalue weighted by molar-refractivity contribution is -0.165. The Labute approximate surface area is 159 Å². The monoisotopic (exact) mass is 374 g/mol. The number of carbonyl (C=O) groups excluding carboxylic acids is 3. The molecule has 0 radical (unpaired) electrons. The van der Waals surface area contributed by atoms with Gasteiger partial charge in [0, 0.05) is 18.8 Å². The molecule has 1 heterocycles. The number of nitrogens with one attached hydrogen (secondary N) is 1. The standard InChI is InChI=1S/C20H26N2O5/c1-6-16(24)21-13-7-8-15(23)14(11-13)17(25)22-10-9-20(5,12-22)18(26)27-19(2,3)4/h6-8,11,23H,1,9-10,12H2,2-5H3,(H,21,24). The smallest absolute Gasteiger partial charge is 0.314 e. The van der Waals surface area contributed by atoms with Gasteiger partial charge in [-0.3, -0.25) is 14.4 Å². The minimum atomic E-state index is -0.798. The summed E-state index contributed by atoms with van der Waals surface area (Å²) in [7, 11) is 0. The van der Waals surface area contributed by atoms with Gasteiger partial charge < -0.3 is 20.1 Å². The quantitative estimate of drug-likeness (QED) is 0.480.